The highest BCUT2D eigenvalue weighted by atomic mass is 16.3. The summed E-state index contributed by atoms with van der Waals surface area (Å²) in [5.74, 6) is 0. The fourth-order valence-corrected chi connectivity index (χ4v) is 9.61. The molecule has 3 heteroatoms. The SMILES string of the molecule is CC1(C)c2ccccc2-c2c(-c3ccc(N(c4ccc(-c5ccc6c(c5)oc5ccccc56)cc4)c4cccc5c4oc4c6ccccc6ccc54)cc3)cccc21. The third kappa shape index (κ3) is 4.80. The van der Waals surface area contributed by atoms with Gasteiger partial charge in [-0.3, -0.25) is 0 Å². The Kier molecular flexibility index (Phi) is 6.98. The van der Waals surface area contributed by atoms with E-state index in [-0.39, 0.29) is 5.41 Å². The largest absolute Gasteiger partial charge is 0.456 e. The first-order valence-corrected chi connectivity index (χ1v) is 20.0. The van der Waals surface area contributed by atoms with E-state index in [9.17, 15) is 0 Å². The van der Waals surface area contributed by atoms with Crippen LogP contribution in [0.25, 0.3) is 88.0 Å². The maximum Gasteiger partial charge on any atom is 0.159 e. The van der Waals surface area contributed by atoms with Gasteiger partial charge in [0.1, 0.15) is 16.7 Å². The molecule has 1 aliphatic rings. The van der Waals surface area contributed by atoms with E-state index in [0.29, 0.717) is 0 Å². The summed E-state index contributed by atoms with van der Waals surface area (Å²) in [5, 5.41) is 6.76. The first-order chi connectivity index (χ1) is 28.5. The van der Waals surface area contributed by atoms with Crippen molar-refractivity contribution in [2.75, 3.05) is 4.90 Å². The number of hydrogen-bond acceptors (Lipinski definition) is 3. The average Bonchev–Trinajstić information content (AvgIpc) is 3.92. The van der Waals surface area contributed by atoms with E-state index in [0.717, 1.165) is 82.8 Å². The van der Waals surface area contributed by atoms with Gasteiger partial charge in [0.2, 0.25) is 0 Å². The van der Waals surface area contributed by atoms with Crippen LogP contribution in [0, 0.1) is 0 Å². The zero-order chi connectivity index (χ0) is 38.5. The topological polar surface area (TPSA) is 29.5 Å². The quantitative estimate of drug-likeness (QED) is 0.176. The van der Waals surface area contributed by atoms with Crippen molar-refractivity contribution in [3.05, 3.63) is 199 Å². The Bertz CT molecular complexity index is 3420. The number of rotatable bonds is 5. The van der Waals surface area contributed by atoms with E-state index >= 15 is 0 Å². The standard InChI is InChI=1S/C55H37NO2/c1-55(2)47-17-7-5-14-46(47)52-40(15-9-18-48(52)55)36-23-29-39(30-24-36)56(49-19-10-16-44-45-32-25-35-11-3-4-12-41(35)53(45)58-54(44)49)38-27-21-34(22-28-38)37-26-31-43-42-13-6-8-20-50(42)57-51(43)33-37/h3-33H,1-2H3. The number of furan rings is 2. The van der Waals surface area contributed by atoms with Crippen molar-refractivity contribution < 1.29 is 8.83 Å². The Balaban J connectivity index is 1.00. The molecule has 0 fully saturated rings. The summed E-state index contributed by atoms with van der Waals surface area (Å²) in [4.78, 5) is 2.33. The second-order valence-electron chi connectivity index (χ2n) is 16.1. The minimum atomic E-state index is -0.0563. The molecule has 0 amide bonds. The molecular formula is C55H37NO2. The van der Waals surface area contributed by atoms with Gasteiger partial charge in [-0.15, -0.1) is 0 Å². The Morgan fingerprint density at radius 1 is 0.397 bits per heavy atom. The van der Waals surface area contributed by atoms with Gasteiger partial charge in [0.25, 0.3) is 0 Å². The van der Waals surface area contributed by atoms with Crippen molar-refractivity contribution in [3.8, 4) is 33.4 Å². The molecule has 0 N–H and O–H groups in total. The summed E-state index contributed by atoms with van der Waals surface area (Å²) < 4.78 is 13.2. The molecule has 2 aromatic heterocycles. The lowest BCUT2D eigenvalue weighted by Gasteiger charge is -2.26. The molecule has 0 spiro atoms. The highest BCUT2D eigenvalue weighted by Gasteiger charge is 2.36. The van der Waals surface area contributed by atoms with Crippen LogP contribution in [0.5, 0.6) is 0 Å². The van der Waals surface area contributed by atoms with Crippen LogP contribution >= 0.6 is 0 Å². The molecular weight excluding hydrogens is 707 g/mol. The number of para-hydroxylation sites is 2. The molecule has 1 aliphatic carbocycles. The molecule has 3 nitrogen and oxygen atoms in total. The number of anilines is 3. The van der Waals surface area contributed by atoms with Gasteiger partial charge in [0.15, 0.2) is 5.58 Å². The molecule has 2 heterocycles. The third-order valence-electron chi connectivity index (χ3n) is 12.5. The minimum absolute atomic E-state index is 0.0563. The molecule has 0 radical (unpaired) electrons. The van der Waals surface area contributed by atoms with Crippen LogP contribution in [0.1, 0.15) is 25.0 Å². The molecule has 0 atom stereocenters. The fourth-order valence-electron chi connectivity index (χ4n) is 9.61. The van der Waals surface area contributed by atoms with Crippen LogP contribution in [-0.4, -0.2) is 0 Å². The fraction of sp³-hybridized carbons (Fsp3) is 0.0545. The molecule has 274 valence electrons. The Morgan fingerprint density at radius 2 is 1.00 bits per heavy atom. The molecule has 0 unspecified atom stereocenters. The van der Waals surface area contributed by atoms with E-state index in [1.807, 2.05) is 12.1 Å². The molecule has 0 aliphatic heterocycles. The van der Waals surface area contributed by atoms with Crippen molar-refractivity contribution in [2.24, 2.45) is 0 Å². The highest BCUT2D eigenvalue weighted by Crippen LogP contribution is 2.52. The van der Waals surface area contributed by atoms with Gasteiger partial charge in [0.05, 0.1) is 5.69 Å². The first-order valence-electron chi connectivity index (χ1n) is 20.0. The van der Waals surface area contributed by atoms with E-state index in [1.54, 1.807) is 0 Å². The Hall–Kier alpha value is -7.36. The molecule has 0 saturated heterocycles. The second kappa shape index (κ2) is 12.3. The van der Waals surface area contributed by atoms with E-state index in [1.165, 1.54) is 33.4 Å². The van der Waals surface area contributed by atoms with Crippen molar-refractivity contribution in [3.63, 3.8) is 0 Å². The first kappa shape index (κ1) is 32.8. The van der Waals surface area contributed by atoms with Gasteiger partial charge in [-0.05, 0) is 104 Å². The lowest BCUT2D eigenvalue weighted by atomic mass is 9.82. The van der Waals surface area contributed by atoms with E-state index in [4.69, 9.17) is 8.83 Å². The van der Waals surface area contributed by atoms with Crippen LogP contribution in [0.4, 0.5) is 17.1 Å². The lowest BCUT2D eigenvalue weighted by molar-refractivity contribution is 0.660. The molecule has 12 rings (SSSR count). The molecule has 11 aromatic rings. The van der Waals surface area contributed by atoms with Crippen LogP contribution in [0.15, 0.2) is 197 Å². The smallest absolute Gasteiger partial charge is 0.159 e. The zero-order valence-electron chi connectivity index (χ0n) is 32.2. The van der Waals surface area contributed by atoms with Crippen molar-refractivity contribution in [1.29, 1.82) is 0 Å². The summed E-state index contributed by atoms with van der Waals surface area (Å²) in [7, 11) is 0. The molecule has 0 saturated carbocycles. The van der Waals surface area contributed by atoms with Crippen molar-refractivity contribution in [1.82, 2.24) is 0 Å². The Labute approximate surface area is 336 Å². The normalized spacial score (nSPS) is 13.1. The molecule has 9 aromatic carbocycles. The predicted molar refractivity (Wildman–Crippen MR) is 242 cm³/mol. The number of hydrogen-bond donors (Lipinski definition) is 0. The van der Waals surface area contributed by atoms with Gasteiger partial charge >= 0.3 is 0 Å². The number of benzene rings is 9. The predicted octanol–water partition coefficient (Wildman–Crippen LogP) is 15.7. The lowest BCUT2D eigenvalue weighted by Crippen LogP contribution is -2.14. The zero-order valence-corrected chi connectivity index (χ0v) is 32.2. The van der Waals surface area contributed by atoms with E-state index in [2.05, 4.69) is 195 Å². The van der Waals surface area contributed by atoms with Gasteiger partial charge in [-0.25, -0.2) is 0 Å². The maximum atomic E-state index is 6.92. The Morgan fingerprint density at radius 3 is 1.84 bits per heavy atom. The molecule has 0 bridgehead atoms. The van der Waals surface area contributed by atoms with Crippen molar-refractivity contribution >= 4 is 71.7 Å². The summed E-state index contributed by atoms with van der Waals surface area (Å²) in [6.07, 6.45) is 0. The van der Waals surface area contributed by atoms with Crippen molar-refractivity contribution in [2.45, 2.75) is 19.3 Å². The van der Waals surface area contributed by atoms with Crippen LogP contribution in [0.3, 0.4) is 0 Å². The van der Waals surface area contributed by atoms with Crippen LogP contribution < -0.4 is 4.90 Å². The van der Waals surface area contributed by atoms with Crippen LogP contribution in [-0.2, 0) is 5.41 Å². The third-order valence-corrected chi connectivity index (χ3v) is 12.5. The highest BCUT2D eigenvalue weighted by molar-refractivity contribution is 6.17. The second-order valence-corrected chi connectivity index (χ2v) is 16.1. The average molecular weight is 744 g/mol. The summed E-state index contributed by atoms with van der Waals surface area (Å²) in [6, 6.07) is 67.6. The molecule has 58 heavy (non-hydrogen) atoms. The summed E-state index contributed by atoms with van der Waals surface area (Å²) in [6.45, 7) is 4.68. The summed E-state index contributed by atoms with van der Waals surface area (Å²) >= 11 is 0. The van der Waals surface area contributed by atoms with Gasteiger partial charge in [-0.2, -0.15) is 0 Å². The number of fused-ring (bicyclic) bond motifs is 11. The van der Waals surface area contributed by atoms with E-state index < -0.39 is 0 Å². The van der Waals surface area contributed by atoms with Gasteiger partial charge in [0, 0.05) is 43.7 Å². The monoisotopic (exact) mass is 743 g/mol. The van der Waals surface area contributed by atoms with Crippen LogP contribution in [0.2, 0.25) is 0 Å². The minimum Gasteiger partial charge on any atom is -0.456 e. The van der Waals surface area contributed by atoms with Gasteiger partial charge < -0.3 is 13.7 Å². The summed E-state index contributed by atoms with van der Waals surface area (Å²) in [5.41, 5.74) is 16.7. The number of nitrogens with zero attached hydrogens (tertiary/aromatic N) is 1. The maximum absolute atomic E-state index is 6.92. The van der Waals surface area contributed by atoms with Gasteiger partial charge in [-0.1, -0.05) is 147 Å².